The lowest BCUT2D eigenvalue weighted by Gasteiger charge is -2.25. The normalized spacial score (nSPS) is 20.0. The molecule has 1 aliphatic rings. The van der Waals surface area contributed by atoms with E-state index in [1.165, 1.54) is 11.1 Å². The van der Waals surface area contributed by atoms with Crippen molar-refractivity contribution in [2.45, 2.75) is 26.2 Å². The van der Waals surface area contributed by atoms with E-state index in [-0.39, 0.29) is 0 Å². The minimum absolute atomic E-state index is 0.459. The van der Waals surface area contributed by atoms with Crippen LogP contribution in [0.1, 0.15) is 30.4 Å². The number of rotatable bonds is 5. The van der Waals surface area contributed by atoms with Crippen LogP contribution in [0.5, 0.6) is 0 Å². The third kappa shape index (κ3) is 4.73. The molecule has 0 spiro atoms. The molecule has 2 atom stereocenters. The Morgan fingerprint density at radius 2 is 2.14 bits per heavy atom. The van der Waals surface area contributed by atoms with Gasteiger partial charge in [0.05, 0.1) is 6.61 Å². The van der Waals surface area contributed by atoms with Gasteiger partial charge in [0.1, 0.15) is 0 Å². The van der Waals surface area contributed by atoms with E-state index < -0.39 is 0 Å². The highest BCUT2D eigenvalue weighted by Crippen LogP contribution is 2.16. The molecule has 1 heterocycles. The summed E-state index contributed by atoms with van der Waals surface area (Å²) < 4.78 is 5.45. The summed E-state index contributed by atoms with van der Waals surface area (Å²) in [4.78, 5) is 6.61. The number of ether oxygens (including phenoxy) is 1. The molecule has 0 aliphatic carbocycles. The van der Waals surface area contributed by atoms with Crippen molar-refractivity contribution in [1.29, 1.82) is 0 Å². The number of benzene rings is 1. The highest BCUT2D eigenvalue weighted by atomic mass is 16.5. The van der Waals surface area contributed by atoms with Crippen molar-refractivity contribution >= 4 is 5.96 Å². The Hall–Kier alpha value is -1.55. The molecular formula is C18H29N3O. The monoisotopic (exact) mass is 303 g/mol. The molecule has 0 bridgehead atoms. The first-order valence-corrected chi connectivity index (χ1v) is 8.16. The third-order valence-corrected chi connectivity index (χ3v) is 4.34. The summed E-state index contributed by atoms with van der Waals surface area (Å²) in [5.41, 5.74) is 2.67. The lowest BCUT2D eigenvalue weighted by molar-refractivity contribution is 0.181. The van der Waals surface area contributed by atoms with Gasteiger partial charge in [-0.25, -0.2) is 0 Å². The number of guanidine groups is 1. The SMILES string of the molecule is CN=C(NCC(C)c1ccc(C)cc1)N(C)CC1CCOC1. The molecule has 122 valence electrons. The van der Waals surface area contributed by atoms with Gasteiger partial charge in [-0.15, -0.1) is 0 Å². The fourth-order valence-electron chi connectivity index (χ4n) is 2.84. The van der Waals surface area contributed by atoms with Crippen LogP contribution < -0.4 is 5.32 Å². The molecule has 4 heteroatoms. The van der Waals surface area contributed by atoms with Crippen LogP contribution in [0.3, 0.4) is 0 Å². The van der Waals surface area contributed by atoms with Crippen molar-refractivity contribution in [2.75, 3.05) is 40.4 Å². The zero-order chi connectivity index (χ0) is 15.9. The Morgan fingerprint density at radius 3 is 2.73 bits per heavy atom. The minimum atomic E-state index is 0.459. The second kappa shape index (κ2) is 8.18. The molecule has 22 heavy (non-hydrogen) atoms. The maximum Gasteiger partial charge on any atom is 0.193 e. The summed E-state index contributed by atoms with van der Waals surface area (Å²) in [5.74, 6) is 2.05. The van der Waals surface area contributed by atoms with E-state index in [0.717, 1.165) is 38.7 Å². The quantitative estimate of drug-likeness (QED) is 0.671. The Morgan fingerprint density at radius 1 is 1.41 bits per heavy atom. The molecule has 0 saturated carbocycles. The van der Waals surface area contributed by atoms with Gasteiger partial charge < -0.3 is 15.0 Å². The molecule has 1 N–H and O–H groups in total. The van der Waals surface area contributed by atoms with E-state index in [9.17, 15) is 0 Å². The standard InChI is InChI=1S/C18H29N3O/c1-14-5-7-17(8-6-14)15(2)11-20-18(19-3)21(4)12-16-9-10-22-13-16/h5-8,15-16H,9-13H2,1-4H3,(H,19,20). The summed E-state index contributed by atoms with van der Waals surface area (Å²) in [6.45, 7) is 8.03. The fourth-order valence-corrected chi connectivity index (χ4v) is 2.84. The summed E-state index contributed by atoms with van der Waals surface area (Å²) in [5, 5.41) is 3.49. The summed E-state index contributed by atoms with van der Waals surface area (Å²) in [6.07, 6.45) is 1.15. The summed E-state index contributed by atoms with van der Waals surface area (Å²) in [7, 11) is 3.95. The minimum Gasteiger partial charge on any atom is -0.381 e. The molecular weight excluding hydrogens is 274 g/mol. The molecule has 1 aromatic carbocycles. The van der Waals surface area contributed by atoms with E-state index >= 15 is 0 Å². The Balaban J connectivity index is 1.83. The van der Waals surface area contributed by atoms with Crippen LogP contribution in [-0.2, 0) is 4.74 Å². The van der Waals surface area contributed by atoms with Crippen LogP contribution in [0.2, 0.25) is 0 Å². The van der Waals surface area contributed by atoms with Gasteiger partial charge in [-0.05, 0) is 24.8 Å². The van der Waals surface area contributed by atoms with Gasteiger partial charge in [0.2, 0.25) is 0 Å². The first-order valence-electron chi connectivity index (χ1n) is 8.16. The molecule has 1 fully saturated rings. The Labute approximate surface area is 134 Å². The van der Waals surface area contributed by atoms with Gasteiger partial charge in [0.25, 0.3) is 0 Å². The topological polar surface area (TPSA) is 36.9 Å². The number of nitrogens with one attached hydrogen (secondary N) is 1. The highest BCUT2D eigenvalue weighted by molar-refractivity contribution is 5.79. The van der Waals surface area contributed by atoms with E-state index in [2.05, 4.69) is 60.4 Å². The number of nitrogens with zero attached hydrogens (tertiary/aromatic N) is 2. The van der Waals surface area contributed by atoms with Crippen LogP contribution in [0.25, 0.3) is 0 Å². The second-order valence-electron chi connectivity index (χ2n) is 6.35. The van der Waals surface area contributed by atoms with Crippen LogP contribution in [0, 0.1) is 12.8 Å². The Kier molecular flexibility index (Phi) is 6.25. The Bertz CT molecular complexity index is 478. The van der Waals surface area contributed by atoms with Crippen LogP contribution in [-0.4, -0.2) is 51.3 Å². The predicted octanol–water partition coefficient (Wildman–Crippen LogP) is 2.64. The lowest BCUT2D eigenvalue weighted by Crippen LogP contribution is -2.42. The van der Waals surface area contributed by atoms with Crippen molar-refractivity contribution < 1.29 is 4.74 Å². The van der Waals surface area contributed by atoms with Crippen molar-refractivity contribution in [3.63, 3.8) is 0 Å². The average Bonchev–Trinajstić information content (AvgIpc) is 3.01. The van der Waals surface area contributed by atoms with Gasteiger partial charge in [0.15, 0.2) is 5.96 Å². The van der Waals surface area contributed by atoms with Crippen molar-refractivity contribution in [2.24, 2.45) is 10.9 Å². The molecule has 2 rings (SSSR count). The highest BCUT2D eigenvalue weighted by Gasteiger charge is 2.19. The number of aliphatic imine (C=N–C) groups is 1. The lowest BCUT2D eigenvalue weighted by atomic mass is 10.0. The molecule has 1 aliphatic heterocycles. The van der Waals surface area contributed by atoms with Gasteiger partial charge in [-0.1, -0.05) is 36.8 Å². The number of hydrogen-bond acceptors (Lipinski definition) is 2. The number of hydrogen-bond donors (Lipinski definition) is 1. The van der Waals surface area contributed by atoms with E-state index in [1.54, 1.807) is 0 Å². The predicted molar refractivity (Wildman–Crippen MR) is 92.5 cm³/mol. The average molecular weight is 303 g/mol. The van der Waals surface area contributed by atoms with Gasteiger partial charge in [-0.2, -0.15) is 0 Å². The zero-order valence-corrected chi connectivity index (χ0v) is 14.3. The van der Waals surface area contributed by atoms with Crippen molar-refractivity contribution in [3.05, 3.63) is 35.4 Å². The van der Waals surface area contributed by atoms with E-state index in [0.29, 0.717) is 11.8 Å². The first-order chi connectivity index (χ1) is 10.6. The van der Waals surface area contributed by atoms with Gasteiger partial charge >= 0.3 is 0 Å². The van der Waals surface area contributed by atoms with Gasteiger partial charge in [-0.3, -0.25) is 4.99 Å². The first kappa shape index (κ1) is 16.8. The summed E-state index contributed by atoms with van der Waals surface area (Å²) in [6, 6.07) is 8.77. The zero-order valence-electron chi connectivity index (χ0n) is 14.3. The van der Waals surface area contributed by atoms with E-state index in [1.807, 2.05) is 7.05 Å². The van der Waals surface area contributed by atoms with Crippen LogP contribution in [0.4, 0.5) is 0 Å². The number of aryl methyl sites for hydroxylation is 1. The summed E-state index contributed by atoms with van der Waals surface area (Å²) >= 11 is 0. The van der Waals surface area contributed by atoms with Crippen molar-refractivity contribution in [1.82, 2.24) is 10.2 Å². The molecule has 2 unspecified atom stereocenters. The maximum atomic E-state index is 5.45. The van der Waals surface area contributed by atoms with Crippen LogP contribution >= 0.6 is 0 Å². The molecule has 0 radical (unpaired) electrons. The van der Waals surface area contributed by atoms with Crippen molar-refractivity contribution in [3.8, 4) is 0 Å². The molecule has 0 aromatic heterocycles. The van der Waals surface area contributed by atoms with E-state index in [4.69, 9.17) is 4.74 Å². The third-order valence-electron chi connectivity index (χ3n) is 4.34. The largest absolute Gasteiger partial charge is 0.381 e. The smallest absolute Gasteiger partial charge is 0.193 e. The maximum absolute atomic E-state index is 5.45. The molecule has 1 saturated heterocycles. The van der Waals surface area contributed by atoms with Gasteiger partial charge in [0, 0.05) is 39.7 Å². The molecule has 1 aromatic rings. The second-order valence-corrected chi connectivity index (χ2v) is 6.35. The fraction of sp³-hybridized carbons (Fsp3) is 0.611. The molecule has 4 nitrogen and oxygen atoms in total. The molecule has 0 amide bonds. The van der Waals surface area contributed by atoms with Crippen LogP contribution in [0.15, 0.2) is 29.3 Å².